The first-order valence-electron chi connectivity index (χ1n) is 7.70. The monoisotopic (exact) mass is 347 g/mol. The number of rotatable bonds is 8. The number of thioether (sulfide) groups is 1. The van der Waals surface area contributed by atoms with Crippen LogP contribution in [0.2, 0.25) is 0 Å². The van der Waals surface area contributed by atoms with E-state index >= 15 is 0 Å². The first kappa shape index (κ1) is 18.1. The van der Waals surface area contributed by atoms with Crippen LogP contribution < -0.4 is 5.32 Å². The molecule has 0 radical (unpaired) electrons. The van der Waals surface area contributed by atoms with Gasteiger partial charge in [0.1, 0.15) is 0 Å². The number of carboxylic acid groups (broad SMARTS) is 1. The molecule has 1 aromatic carbocycles. The van der Waals surface area contributed by atoms with Crippen molar-refractivity contribution in [3.8, 4) is 0 Å². The third-order valence-electron chi connectivity index (χ3n) is 3.28. The molecule has 24 heavy (non-hydrogen) atoms. The van der Waals surface area contributed by atoms with Crippen molar-refractivity contribution in [3.05, 3.63) is 47.8 Å². The van der Waals surface area contributed by atoms with Crippen molar-refractivity contribution in [2.75, 3.05) is 11.1 Å². The van der Waals surface area contributed by atoms with Gasteiger partial charge >= 0.3 is 5.97 Å². The Morgan fingerprint density at radius 2 is 2.12 bits per heavy atom. The Morgan fingerprint density at radius 1 is 1.33 bits per heavy atom. The fraction of sp³-hybridized carbons (Fsp3) is 0.353. The number of aromatic nitrogens is 2. The molecule has 0 fully saturated rings. The predicted molar refractivity (Wildman–Crippen MR) is 95.4 cm³/mol. The number of carbonyl (C=O) groups excluding carboxylic acids is 1. The van der Waals surface area contributed by atoms with Crippen molar-refractivity contribution in [2.24, 2.45) is 0 Å². The van der Waals surface area contributed by atoms with E-state index in [4.69, 9.17) is 5.11 Å². The maximum absolute atomic E-state index is 12.2. The van der Waals surface area contributed by atoms with Crippen LogP contribution >= 0.6 is 11.8 Å². The molecule has 0 bridgehead atoms. The summed E-state index contributed by atoms with van der Waals surface area (Å²) in [4.78, 5) is 22.7. The fourth-order valence-electron chi connectivity index (χ4n) is 2.03. The molecule has 1 amide bonds. The summed E-state index contributed by atoms with van der Waals surface area (Å²) in [5.41, 5.74) is 2.12. The smallest absolute Gasteiger partial charge is 0.304 e. The standard InChI is InChI=1S/C17H21N3O3S/c1-12(2)20-8-6-15(19-20)17(23)18-14-5-3-4-13(10-14)11-24-9-7-16(21)22/h3-6,8,10,12H,7,9,11H2,1-2H3,(H,18,23)(H,21,22). The van der Waals surface area contributed by atoms with Gasteiger partial charge in [-0.3, -0.25) is 14.3 Å². The van der Waals surface area contributed by atoms with Crippen LogP contribution in [0.25, 0.3) is 0 Å². The van der Waals surface area contributed by atoms with Gasteiger partial charge in [-0.15, -0.1) is 0 Å². The average molecular weight is 347 g/mol. The largest absolute Gasteiger partial charge is 0.481 e. The van der Waals surface area contributed by atoms with Crippen LogP contribution in [0.1, 0.15) is 42.4 Å². The third-order valence-corrected chi connectivity index (χ3v) is 4.31. The van der Waals surface area contributed by atoms with Crippen LogP contribution in [0, 0.1) is 0 Å². The lowest BCUT2D eigenvalue weighted by Gasteiger charge is -2.07. The van der Waals surface area contributed by atoms with Gasteiger partial charge in [0.15, 0.2) is 5.69 Å². The van der Waals surface area contributed by atoms with Crippen molar-refractivity contribution >= 4 is 29.3 Å². The Morgan fingerprint density at radius 3 is 2.79 bits per heavy atom. The summed E-state index contributed by atoms with van der Waals surface area (Å²) in [6.45, 7) is 4.00. The van der Waals surface area contributed by atoms with Crippen LogP contribution in [0.5, 0.6) is 0 Å². The molecule has 0 saturated heterocycles. The number of carboxylic acids is 1. The number of hydrogen-bond donors (Lipinski definition) is 2. The van der Waals surface area contributed by atoms with Crippen LogP contribution in [-0.4, -0.2) is 32.5 Å². The minimum absolute atomic E-state index is 0.152. The second-order valence-corrected chi connectivity index (χ2v) is 6.73. The number of amides is 1. The molecule has 6 nitrogen and oxygen atoms in total. The van der Waals surface area contributed by atoms with Crippen molar-refractivity contribution < 1.29 is 14.7 Å². The number of benzene rings is 1. The molecule has 0 aliphatic heterocycles. The second-order valence-electron chi connectivity index (χ2n) is 5.63. The highest BCUT2D eigenvalue weighted by atomic mass is 32.2. The van der Waals surface area contributed by atoms with Crippen LogP contribution in [-0.2, 0) is 10.5 Å². The Kier molecular flexibility index (Phi) is 6.43. The third kappa shape index (κ3) is 5.42. The average Bonchev–Trinajstić information content (AvgIpc) is 3.02. The van der Waals surface area contributed by atoms with Gasteiger partial charge in [-0.2, -0.15) is 16.9 Å². The zero-order valence-corrected chi connectivity index (χ0v) is 14.5. The minimum atomic E-state index is -0.788. The highest BCUT2D eigenvalue weighted by Crippen LogP contribution is 2.18. The van der Waals surface area contributed by atoms with E-state index in [1.165, 1.54) is 0 Å². The summed E-state index contributed by atoms with van der Waals surface area (Å²) in [7, 11) is 0. The number of carbonyl (C=O) groups is 2. The Balaban J connectivity index is 1.93. The molecule has 2 rings (SSSR count). The normalized spacial score (nSPS) is 10.8. The molecule has 0 saturated carbocycles. The molecular formula is C17H21N3O3S. The molecule has 0 unspecified atom stereocenters. The molecule has 2 aromatic rings. The van der Waals surface area contributed by atoms with Gasteiger partial charge in [0.25, 0.3) is 5.91 Å². The zero-order valence-electron chi connectivity index (χ0n) is 13.7. The second kappa shape index (κ2) is 8.54. The highest BCUT2D eigenvalue weighted by Gasteiger charge is 2.11. The summed E-state index contributed by atoms with van der Waals surface area (Å²) in [6.07, 6.45) is 1.94. The summed E-state index contributed by atoms with van der Waals surface area (Å²) in [6, 6.07) is 9.44. The Bertz CT molecular complexity index is 713. The van der Waals surface area contributed by atoms with Gasteiger partial charge in [-0.25, -0.2) is 0 Å². The summed E-state index contributed by atoms with van der Waals surface area (Å²) < 4.78 is 1.74. The lowest BCUT2D eigenvalue weighted by Crippen LogP contribution is -2.14. The van der Waals surface area contributed by atoms with E-state index in [0.717, 1.165) is 5.56 Å². The van der Waals surface area contributed by atoms with Gasteiger partial charge in [0, 0.05) is 29.4 Å². The molecule has 7 heteroatoms. The van der Waals surface area contributed by atoms with Crippen LogP contribution in [0.15, 0.2) is 36.5 Å². The molecule has 1 aromatic heterocycles. The van der Waals surface area contributed by atoms with Gasteiger partial charge in [-0.05, 0) is 37.6 Å². The van der Waals surface area contributed by atoms with Crippen LogP contribution in [0.3, 0.4) is 0 Å². The molecule has 128 valence electrons. The minimum Gasteiger partial charge on any atom is -0.481 e. The predicted octanol–water partition coefficient (Wildman–Crippen LogP) is 3.42. The summed E-state index contributed by atoms with van der Waals surface area (Å²) >= 11 is 1.56. The van der Waals surface area contributed by atoms with Crippen molar-refractivity contribution in [1.82, 2.24) is 9.78 Å². The molecule has 2 N–H and O–H groups in total. The van der Waals surface area contributed by atoms with Gasteiger partial charge < -0.3 is 10.4 Å². The molecule has 0 atom stereocenters. The van der Waals surface area contributed by atoms with E-state index in [1.54, 1.807) is 28.7 Å². The van der Waals surface area contributed by atoms with Crippen molar-refractivity contribution in [3.63, 3.8) is 0 Å². The van der Waals surface area contributed by atoms with E-state index in [0.29, 0.717) is 22.9 Å². The molecule has 0 aliphatic rings. The Hall–Kier alpha value is -2.28. The zero-order chi connectivity index (χ0) is 17.5. The van der Waals surface area contributed by atoms with E-state index in [2.05, 4.69) is 10.4 Å². The fourth-order valence-corrected chi connectivity index (χ4v) is 2.91. The van der Waals surface area contributed by atoms with Gasteiger partial charge in [0.2, 0.25) is 0 Å². The number of anilines is 1. The summed E-state index contributed by atoms with van der Waals surface area (Å²) in [5, 5.41) is 15.7. The lowest BCUT2D eigenvalue weighted by molar-refractivity contribution is -0.136. The van der Waals surface area contributed by atoms with Crippen molar-refractivity contribution in [2.45, 2.75) is 32.1 Å². The maximum Gasteiger partial charge on any atom is 0.304 e. The molecule has 0 spiro atoms. The van der Waals surface area contributed by atoms with Crippen LogP contribution in [0.4, 0.5) is 5.69 Å². The van der Waals surface area contributed by atoms with Gasteiger partial charge in [0.05, 0.1) is 6.42 Å². The maximum atomic E-state index is 12.2. The molecule has 0 aliphatic carbocycles. The van der Waals surface area contributed by atoms with Gasteiger partial charge in [-0.1, -0.05) is 12.1 Å². The van der Waals surface area contributed by atoms with E-state index in [1.807, 2.05) is 38.1 Å². The number of nitrogens with one attached hydrogen (secondary N) is 1. The summed E-state index contributed by atoms with van der Waals surface area (Å²) in [5.74, 6) is 0.242. The quantitative estimate of drug-likeness (QED) is 0.715. The van der Waals surface area contributed by atoms with E-state index < -0.39 is 5.97 Å². The van der Waals surface area contributed by atoms with Crippen molar-refractivity contribution in [1.29, 1.82) is 0 Å². The SMILES string of the molecule is CC(C)n1ccc(C(=O)Nc2cccc(CSCCC(=O)O)c2)n1. The Labute approximate surface area is 145 Å². The first-order chi connectivity index (χ1) is 11.5. The lowest BCUT2D eigenvalue weighted by atomic mass is 10.2. The van der Waals surface area contributed by atoms with E-state index in [9.17, 15) is 9.59 Å². The van der Waals surface area contributed by atoms with E-state index in [-0.39, 0.29) is 18.4 Å². The highest BCUT2D eigenvalue weighted by molar-refractivity contribution is 7.98. The number of nitrogens with zero attached hydrogens (tertiary/aromatic N) is 2. The molecule has 1 heterocycles. The topological polar surface area (TPSA) is 84.2 Å². The number of hydrogen-bond acceptors (Lipinski definition) is 4. The molecular weight excluding hydrogens is 326 g/mol. The first-order valence-corrected chi connectivity index (χ1v) is 8.86. The number of aliphatic carboxylic acids is 1.